The van der Waals surface area contributed by atoms with E-state index in [1.54, 1.807) is 0 Å². The van der Waals surface area contributed by atoms with E-state index in [9.17, 15) is 4.79 Å². The summed E-state index contributed by atoms with van der Waals surface area (Å²) in [5, 5.41) is 1.49. The molecule has 0 bridgehead atoms. The first-order chi connectivity index (χ1) is 10.1. The van der Waals surface area contributed by atoms with Crippen molar-refractivity contribution in [2.45, 2.75) is 5.03 Å². The lowest BCUT2D eigenvalue weighted by molar-refractivity contribution is 0.100. The van der Waals surface area contributed by atoms with Crippen LogP contribution in [0.4, 0.5) is 11.6 Å². The van der Waals surface area contributed by atoms with Gasteiger partial charge in [0, 0.05) is 13.1 Å². The lowest BCUT2D eigenvalue weighted by atomic mass is 10.3. The molecule has 0 spiro atoms. The van der Waals surface area contributed by atoms with Gasteiger partial charge in [0.15, 0.2) is 0 Å². The number of thioether (sulfide) groups is 1. The number of hydrogen-bond acceptors (Lipinski definition) is 8. The monoisotopic (exact) mass is 325 g/mol. The maximum Gasteiger partial charge on any atom is 0.260 e. The van der Waals surface area contributed by atoms with E-state index < -0.39 is 5.91 Å². The molecule has 0 atom stereocenters. The van der Waals surface area contributed by atoms with Crippen LogP contribution in [0, 0.1) is 0 Å². The quantitative estimate of drug-likeness (QED) is 0.638. The number of carbonyl (C=O) groups is 1. The summed E-state index contributed by atoms with van der Waals surface area (Å²) in [6.45, 7) is 2.83. The minimum Gasteiger partial charge on any atom is -0.397 e. The second-order valence-corrected chi connectivity index (χ2v) is 6.32. The Morgan fingerprint density at radius 1 is 1.38 bits per heavy atom. The lowest BCUT2D eigenvalue weighted by Crippen LogP contribution is -2.37. The average molecular weight is 325 g/mol. The van der Waals surface area contributed by atoms with Crippen molar-refractivity contribution < 1.29 is 9.53 Å². The van der Waals surface area contributed by atoms with Crippen LogP contribution in [0.2, 0.25) is 0 Å². The van der Waals surface area contributed by atoms with Gasteiger partial charge in [-0.15, -0.1) is 23.1 Å². The van der Waals surface area contributed by atoms with Crippen LogP contribution in [0.25, 0.3) is 10.2 Å². The Hall–Kier alpha value is -1.58. The van der Waals surface area contributed by atoms with Crippen molar-refractivity contribution >= 4 is 50.9 Å². The first kappa shape index (κ1) is 14.4. The molecular formula is C12H15N5O2S2. The van der Waals surface area contributed by atoms with Crippen LogP contribution >= 0.6 is 23.1 Å². The number of primary amides is 1. The lowest BCUT2D eigenvalue weighted by Gasteiger charge is -2.26. The van der Waals surface area contributed by atoms with E-state index >= 15 is 0 Å². The van der Waals surface area contributed by atoms with Gasteiger partial charge in [0.25, 0.3) is 5.91 Å². The van der Waals surface area contributed by atoms with E-state index in [-0.39, 0.29) is 0 Å². The molecule has 1 aliphatic rings. The van der Waals surface area contributed by atoms with E-state index in [0.29, 0.717) is 34.6 Å². The molecule has 0 aliphatic carbocycles. The molecule has 112 valence electrons. The molecule has 0 radical (unpaired) electrons. The highest BCUT2D eigenvalue weighted by Gasteiger charge is 2.22. The number of anilines is 2. The van der Waals surface area contributed by atoms with Crippen LogP contribution < -0.4 is 16.4 Å². The normalized spacial score (nSPS) is 15.6. The van der Waals surface area contributed by atoms with E-state index in [4.69, 9.17) is 16.2 Å². The van der Waals surface area contributed by atoms with E-state index in [1.165, 1.54) is 23.1 Å². The maximum atomic E-state index is 11.4. The number of nitrogen functional groups attached to an aromatic ring is 1. The van der Waals surface area contributed by atoms with Gasteiger partial charge in [0.2, 0.25) is 5.95 Å². The van der Waals surface area contributed by atoms with E-state index in [2.05, 4.69) is 14.9 Å². The Morgan fingerprint density at radius 3 is 2.71 bits per heavy atom. The van der Waals surface area contributed by atoms with Crippen molar-refractivity contribution in [2.75, 3.05) is 43.2 Å². The smallest absolute Gasteiger partial charge is 0.260 e. The number of fused-ring (bicyclic) bond motifs is 1. The first-order valence-electron chi connectivity index (χ1n) is 6.38. The summed E-state index contributed by atoms with van der Waals surface area (Å²) in [4.78, 5) is 23.7. The Kier molecular flexibility index (Phi) is 3.87. The number of nitrogens with two attached hydrogens (primary N) is 2. The topological polar surface area (TPSA) is 107 Å². The van der Waals surface area contributed by atoms with Gasteiger partial charge in [-0.1, -0.05) is 0 Å². The first-order valence-corrected chi connectivity index (χ1v) is 8.42. The molecule has 0 aromatic carbocycles. The second-order valence-electron chi connectivity index (χ2n) is 4.52. The molecule has 21 heavy (non-hydrogen) atoms. The van der Waals surface area contributed by atoms with E-state index in [0.717, 1.165) is 23.5 Å². The van der Waals surface area contributed by atoms with Crippen LogP contribution in [0.1, 0.15) is 9.67 Å². The number of aromatic nitrogens is 2. The maximum absolute atomic E-state index is 11.4. The fraction of sp³-hybridized carbons (Fsp3) is 0.417. The summed E-state index contributed by atoms with van der Waals surface area (Å²) >= 11 is 2.70. The Labute approximate surface area is 129 Å². The molecule has 0 unspecified atom stereocenters. The Balaban J connectivity index is 2.14. The van der Waals surface area contributed by atoms with Crippen molar-refractivity contribution in [3.8, 4) is 0 Å². The summed E-state index contributed by atoms with van der Waals surface area (Å²) in [7, 11) is 0. The highest BCUT2D eigenvalue weighted by atomic mass is 32.2. The van der Waals surface area contributed by atoms with E-state index in [1.807, 2.05) is 6.26 Å². The fourth-order valence-electron chi connectivity index (χ4n) is 2.21. The summed E-state index contributed by atoms with van der Waals surface area (Å²) in [5.41, 5.74) is 11.8. The van der Waals surface area contributed by atoms with Gasteiger partial charge in [0.1, 0.15) is 14.7 Å². The van der Waals surface area contributed by atoms with Crippen molar-refractivity contribution in [1.82, 2.24) is 9.97 Å². The van der Waals surface area contributed by atoms with Crippen molar-refractivity contribution in [1.29, 1.82) is 0 Å². The zero-order valence-corrected chi connectivity index (χ0v) is 13.1. The van der Waals surface area contributed by atoms with Crippen LogP contribution in [-0.2, 0) is 4.74 Å². The summed E-state index contributed by atoms with van der Waals surface area (Å²) < 4.78 is 5.34. The predicted octanol–water partition coefficient (Wildman–Crippen LogP) is 0.931. The number of carbonyl (C=O) groups excluding carboxylic acids is 1. The molecule has 3 rings (SSSR count). The molecule has 4 N–H and O–H groups in total. The predicted molar refractivity (Wildman–Crippen MR) is 85.2 cm³/mol. The van der Waals surface area contributed by atoms with Crippen LogP contribution in [0.5, 0.6) is 0 Å². The third kappa shape index (κ3) is 2.52. The molecule has 1 amide bonds. The number of ether oxygens (including phenoxy) is 1. The largest absolute Gasteiger partial charge is 0.397 e. The van der Waals surface area contributed by atoms with Gasteiger partial charge >= 0.3 is 0 Å². The minimum absolute atomic E-state index is 0.341. The number of rotatable bonds is 3. The third-order valence-corrected chi connectivity index (χ3v) is 5.05. The number of hydrogen-bond donors (Lipinski definition) is 2. The summed E-state index contributed by atoms with van der Waals surface area (Å²) in [5.74, 6) is 0.114. The van der Waals surface area contributed by atoms with Gasteiger partial charge in [0.05, 0.1) is 24.3 Å². The van der Waals surface area contributed by atoms with Gasteiger partial charge in [-0.2, -0.15) is 0 Å². The number of thiophene rings is 1. The number of morpholine rings is 1. The highest BCUT2D eigenvalue weighted by molar-refractivity contribution is 7.98. The zero-order chi connectivity index (χ0) is 15.0. The van der Waals surface area contributed by atoms with Gasteiger partial charge in [-0.05, 0) is 6.26 Å². The molecule has 1 fully saturated rings. The molecule has 1 aliphatic heterocycles. The number of nitrogens with zero attached hydrogens (tertiary/aromatic N) is 3. The molecular weight excluding hydrogens is 310 g/mol. The third-order valence-electron chi connectivity index (χ3n) is 3.25. The van der Waals surface area contributed by atoms with Crippen molar-refractivity contribution in [3.63, 3.8) is 0 Å². The molecule has 3 heterocycles. The fourth-order valence-corrected chi connectivity index (χ4v) is 3.81. The molecule has 2 aromatic rings. The molecule has 1 saturated heterocycles. The van der Waals surface area contributed by atoms with Crippen molar-refractivity contribution in [2.24, 2.45) is 5.73 Å². The van der Waals surface area contributed by atoms with Crippen LogP contribution in [0.3, 0.4) is 0 Å². The molecule has 2 aromatic heterocycles. The van der Waals surface area contributed by atoms with Gasteiger partial charge < -0.3 is 21.1 Å². The van der Waals surface area contributed by atoms with Crippen LogP contribution in [-0.4, -0.2) is 48.4 Å². The molecule has 9 heteroatoms. The zero-order valence-electron chi connectivity index (χ0n) is 11.5. The highest BCUT2D eigenvalue weighted by Crippen LogP contribution is 2.38. The summed E-state index contributed by atoms with van der Waals surface area (Å²) in [6, 6.07) is 0. The average Bonchev–Trinajstić information content (AvgIpc) is 2.85. The molecule has 7 nitrogen and oxygen atoms in total. The Morgan fingerprint density at radius 2 is 2.10 bits per heavy atom. The van der Waals surface area contributed by atoms with Gasteiger partial charge in [-0.3, -0.25) is 4.79 Å². The second kappa shape index (κ2) is 5.66. The summed E-state index contributed by atoms with van der Waals surface area (Å²) in [6.07, 6.45) is 1.92. The molecule has 0 saturated carbocycles. The van der Waals surface area contributed by atoms with Crippen LogP contribution in [0.15, 0.2) is 5.03 Å². The van der Waals surface area contributed by atoms with Gasteiger partial charge in [-0.25, -0.2) is 9.97 Å². The SMILES string of the molecule is CSc1nc(N2CCOCC2)nc2sc(C(N)=O)c(N)c12. The van der Waals surface area contributed by atoms with Crippen molar-refractivity contribution in [3.05, 3.63) is 4.88 Å². The number of amides is 1. The minimum atomic E-state index is -0.532. The Bertz CT molecular complexity index is 697. The standard InChI is InChI=1S/C12H15N5O2S2/c1-20-10-6-7(13)8(9(14)18)21-11(6)16-12(15-10)17-2-4-19-5-3-17/h2-5,13H2,1H3,(H2,14,18).